The van der Waals surface area contributed by atoms with Crippen molar-refractivity contribution in [1.82, 2.24) is 5.32 Å². The Hall–Kier alpha value is -1.22. The number of carbonyl (C=O) groups excluding carboxylic acids is 1. The van der Waals surface area contributed by atoms with Gasteiger partial charge >= 0.3 is 6.09 Å². The topological polar surface area (TPSA) is 38.3 Å². The molecule has 1 amide bonds. The van der Waals surface area contributed by atoms with Crippen molar-refractivity contribution in [2.24, 2.45) is 0 Å². The van der Waals surface area contributed by atoms with Gasteiger partial charge in [0.2, 0.25) is 0 Å². The molecule has 1 fully saturated rings. The Labute approximate surface area is 95.2 Å². The number of carbonyl (C=O) groups is 1. The van der Waals surface area contributed by atoms with Crippen LogP contribution in [0.4, 0.5) is 4.79 Å². The van der Waals surface area contributed by atoms with Gasteiger partial charge in [-0.15, -0.1) is 12.4 Å². The monoisotopic (exact) mass is 227 g/mol. The first kappa shape index (κ1) is 11.9. The van der Waals surface area contributed by atoms with Crippen LogP contribution >= 0.6 is 12.4 Å². The largest absolute Gasteiger partial charge is 0.449 e. The second-order valence-electron chi connectivity index (χ2n) is 3.54. The number of alkyl carbamates (subject to hydrolysis) is 1. The van der Waals surface area contributed by atoms with Crippen LogP contribution < -0.4 is 5.32 Å². The SMILES string of the molecule is Cc1cccc([C@H]2CCOC(=O)N2)c1.Cl. The van der Waals surface area contributed by atoms with Gasteiger partial charge < -0.3 is 10.1 Å². The van der Waals surface area contributed by atoms with Gasteiger partial charge in [0.05, 0.1) is 12.6 Å². The lowest BCUT2D eigenvalue weighted by atomic mass is 10.0. The maximum absolute atomic E-state index is 11.0. The zero-order chi connectivity index (χ0) is 9.97. The number of nitrogens with one attached hydrogen (secondary N) is 1. The molecular formula is C11H14ClNO2. The second-order valence-corrected chi connectivity index (χ2v) is 3.54. The van der Waals surface area contributed by atoms with Crippen molar-refractivity contribution in [2.75, 3.05) is 6.61 Å². The summed E-state index contributed by atoms with van der Waals surface area (Å²) in [5.74, 6) is 0. The summed E-state index contributed by atoms with van der Waals surface area (Å²) in [7, 11) is 0. The van der Waals surface area contributed by atoms with Crippen LogP contribution in [0.15, 0.2) is 24.3 Å². The average Bonchev–Trinajstić information content (AvgIpc) is 2.18. The van der Waals surface area contributed by atoms with E-state index in [2.05, 4.69) is 11.4 Å². The molecule has 4 heteroatoms. The number of aryl methyl sites for hydroxylation is 1. The molecule has 1 aromatic rings. The highest BCUT2D eigenvalue weighted by Crippen LogP contribution is 2.20. The molecule has 0 bridgehead atoms. The fourth-order valence-electron chi connectivity index (χ4n) is 1.66. The Balaban J connectivity index is 0.00000112. The summed E-state index contributed by atoms with van der Waals surface area (Å²) < 4.78 is 4.81. The van der Waals surface area contributed by atoms with Gasteiger partial charge in [0, 0.05) is 6.42 Å². The van der Waals surface area contributed by atoms with Crippen molar-refractivity contribution < 1.29 is 9.53 Å². The van der Waals surface area contributed by atoms with E-state index in [9.17, 15) is 4.79 Å². The van der Waals surface area contributed by atoms with E-state index >= 15 is 0 Å². The number of ether oxygens (including phenoxy) is 1. The van der Waals surface area contributed by atoms with Crippen molar-refractivity contribution in [1.29, 1.82) is 0 Å². The third-order valence-corrected chi connectivity index (χ3v) is 2.38. The summed E-state index contributed by atoms with van der Waals surface area (Å²) in [4.78, 5) is 11.0. The van der Waals surface area contributed by atoms with Crippen LogP contribution in [0.2, 0.25) is 0 Å². The lowest BCUT2D eigenvalue weighted by Gasteiger charge is -2.23. The quantitative estimate of drug-likeness (QED) is 0.801. The smallest absolute Gasteiger partial charge is 0.407 e. The fraction of sp³-hybridized carbons (Fsp3) is 0.364. The number of halogens is 1. The molecule has 1 aromatic carbocycles. The van der Waals surface area contributed by atoms with Gasteiger partial charge in [-0.1, -0.05) is 29.8 Å². The predicted molar refractivity (Wildman–Crippen MR) is 60.3 cm³/mol. The van der Waals surface area contributed by atoms with E-state index in [-0.39, 0.29) is 24.5 Å². The summed E-state index contributed by atoms with van der Waals surface area (Å²) in [6, 6.07) is 8.28. The summed E-state index contributed by atoms with van der Waals surface area (Å²) in [5, 5.41) is 2.80. The van der Waals surface area contributed by atoms with Gasteiger partial charge in [-0.25, -0.2) is 4.79 Å². The second kappa shape index (κ2) is 5.03. The van der Waals surface area contributed by atoms with E-state index in [4.69, 9.17) is 4.74 Å². The Morgan fingerprint density at radius 3 is 2.93 bits per heavy atom. The van der Waals surface area contributed by atoms with Crippen LogP contribution in [0.3, 0.4) is 0 Å². The third kappa shape index (κ3) is 2.86. The zero-order valence-electron chi connectivity index (χ0n) is 8.53. The first-order valence-corrected chi connectivity index (χ1v) is 4.75. The first-order valence-electron chi connectivity index (χ1n) is 4.75. The number of hydrogen-bond acceptors (Lipinski definition) is 2. The van der Waals surface area contributed by atoms with E-state index in [1.807, 2.05) is 25.1 Å². The number of benzene rings is 1. The molecule has 0 spiro atoms. The molecule has 0 unspecified atom stereocenters. The minimum absolute atomic E-state index is 0. The van der Waals surface area contributed by atoms with Crippen LogP contribution in [0.25, 0.3) is 0 Å². The van der Waals surface area contributed by atoms with Crippen molar-refractivity contribution in [3.63, 3.8) is 0 Å². The standard InChI is InChI=1S/C11H13NO2.ClH/c1-8-3-2-4-9(7-8)10-5-6-14-11(13)12-10;/h2-4,7,10H,5-6H2,1H3,(H,12,13);1H/t10-;/m1./s1. The Morgan fingerprint density at radius 2 is 2.27 bits per heavy atom. The molecule has 0 radical (unpaired) electrons. The zero-order valence-corrected chi connectivity index (χ0v) is 9.34. The molecule has 1 atom stereocenters. The molecular weight excluding hydrogens is 214 g/mol. The molecule has 1 saturated heterocycles. The van der Waals surface area contributed by atoms with Crippen LogP contribution in [0, 0.1) is 6.92 Å². The van der Waals surface area contributed by atoms with Gasteiger partial charge in [0.25, 0.3) is 0 Å². The van der Waals surface area contributed by atoms with E-state index < -0.39 is 0 Å². The van der Waals surface area contributed by atoms with E-state index in [0.29, 0.717) is 6.61 Å². The minimum Gasteiger partial charge on any atom is -0.449 e. The van der Waals surface area contributed by atoms with Crippen molar-refractivity contribution in [3.05, 3.63) is 35.4 Å². The summed E-state index contributed by atoms with van der Waals surface area (Å²) in [5.41, 5.74) is 2.37. The number of rotatable bonds is 1. The fourth-order valence-corrected chi connectivity index (χ4v) is 1.66. The van der Waals surface area contributed by atoms with Crippen molar-refractivity contribution >= 4 is 18.5 Å². The maximum atomic E-state index is 11.0. The van der Waals surface area contributed by atoms with Crippen molar-refractivity contribution in [3.8, 4) is 0 Å². The minimum atomic E-state index is -0.317. The Kier molecular flexibility index (Phi) is 3.97. The predicted octanol–water partition coefficient (Wildman–Crippen LogP) is 2.59. The molecule has 82 valence electrons. The highest BCUT2D eigenvalue weighted by molar-refractivity contribution is 5.85. The molecule has 1 N–H and O–H groups in total. The molecule has 0 aromatic heterocycles. The molecule has 15 heavy (non-hydrogen) atoms. The summed E-state index contributed by atoms with van der Waals surface area (Å²) in [6.07, 6.45) is 0.526. The third-order valence-electron chi connectivity index (χ3n) is 2.38. The van der Waals surface area contributed by atoms with Gasteiger partial charge in [-0.05, 0) is 12.5 Å². The van der Waals surface area contributed by atoms with Crippen LogP contribution in [-0.2, 0) is 4.74 Å². The molecule has 0 saturated carbocycles. The Morgan fingerprint density at radius 1 is 1.47 bits per heavy atom. The molecule has 1 aliphatic rings. The summed E-state index contributed by atoms with van der Waals surface area (Å²) >= 11 is 0. The molecule has 2 rings (SSSR count). The lowest BCUT2D eigenvalue weighted by molar-refractivity contribution is 0.115. The van der Waals surface area contributed by atoms with E-state index in [1.54, 1.807) is 0 Å². The highest BCUT2D eigenvalue weighted by atomic mass is 35.5. The number of amides is 1. The van der Waals surface area contributed by atoms with Crippen molar-refractivity contribution in [2.45, 2.75) is 19.4 Å². The van der Waals surface area contributed by atoms with E-state index in [1.165, 1.54) is 5.56 Å². The lowest BCUT2D eigenvalue weighted by Crippen LogP contribution is -2.35. The molecule has 0 aliphatic carbocycles. The molecule has 3 nitrogen and oxygen atoms in total. The number of hydrogen-bond donors (Lipinski definition) is 1. The highest BCUT2D eigenvalue weighted by Gasteiger charge is 2.20. The molecule has 1 aliphatic heterocycles. The average molecular weight is 228 g/mol. The van der Waals surface area contributed by atoms with Gasteiger partial charge in [0.1, 0.15) is 0 Å². The molecule has 1 heterocycles. The van der Waals surface area contributed by atoms with Crippen LogP contribution in [-0.4, -0.2) is 12.7 Å². The summed E-state index contributed by atoms with van der Waals surface area (Å²) in [6.45, 7) is 2.55. The van der Waals surface area contributed by atoms with Crippen LogP contribution in [0.5, 0.6) is 0 Å². The van der Waals surface area contributed by atoms with Gasteiger partial charge in [0.15, 0.2) is 0 Å². The van der Waals surface area contributed by atoms with E-state index in [0.717, 1.165) is 12.0 Å². The Bertz CT molecular complexity index is 354. The number of cyclic esters (lactones) is 1. The van der Waals surface area contributed by atoms with Gasteiger partial charge in [-0.3, -0.25) is 0 Å². The van der Waals surface area contributed by atoms with Gasteiger partial charge in [-0.2, -0.15) is 0 Å². The first-order chi connectivity index (χ1) is 6.75. The van der Waals surface area contributed by atoms with Crippen LogP contribution in [0.1, 0.15) is 23.6 Å². The maximum Gasteiger partial charge on any atom is 0.407 e. The normalized spacial score (nSPS) is 19.8.